The molecule has 0 fully saturated rings. The second kappa shape index (κ2) is 12.5. The molecule has 0 aliphatic carbocycles. The molecular weight excluding hydrogens is 462 g/mol. The zero-order valence-electron chi connectivity index (χ0n) is 21.2. The predicted molar refractivity (Wildman–Crippen MR) is 147 cm³/mol. The molecule has 0 atom stereocenters. The third-order valence-electron chi connectivity index (χ3n) is 5.82. The Kier molecular flexibility index (Phi) is 8.66. The molecule has 0 radical (unpaired) electrons. The minimum absolute atomic E-state index is 0.249. The number of nitrogens with zero attached hydrogens (tertiary/aromatic N) is 1. The average molecular weight is 494 g/mol. The third-order valence-corrected chi connectivity index (χ3v) is 5.82. The molecule has 2 N–H and O–H groups in total. The number of aryl methyl sites for hydroxylation is 2. The lowest BCUT2D eigenvalue weighted by atomic mass is 10.0. The summed E-state index contributed by atoms with van der Waals surface area (Å²) in [7, 11) is 0. The van der Waals surface area contributed by atoms with Crippen LogP contribution in [0.3, 0.4) is 0 Å². The summed E-state index contributed by atoms with van der Waals surface area (Å²) in [4.78, 5) is 17.6. The Balaban J connectivity index is 1.55. The van der Waals surface area contributed by atoms with Gasteiger partial charge in [-0.05, 0) is 68.1 Å². The van der Waals surface area contributed by atoms with E-state index in [1.165, 1.54) is 5.56 Å². The highest BCUT2D eigenvalue weighted by atomic mass is 16.5. The van der Waals surface area contributed by atoms with Gasteiger partial charge in [0.15, 0.2) is 0 Å². The Morgan fingerprint density at radius 2 is 1.51 bits per heavy atom. The summed E-state index contributed by atoms with van der Waals surface area (Å²) >= 11 is 0. The van der Waals surface area contributed by atoms with Crippen LogP contribution in [0.4, 0.5) is 5.82 Å². The lowest BCUT2D eigenvalue weighted by Gasteiger charge is -2.17. The number of rotatable bonds is 11. The summed E-state index contributed by atoms with van der Waals surface area (Å²) in [6.07, 6.45) is 1.45. The van der Waals surface area contributed by atoms with E-state index >= 15 is 0 Å². The number of aromatic nitrogens is 1. The Morgan fingerprint density at radius 1 is 0.865 bits per heavy atom. The van der Waals surface area contributed by atoms with Gasteiger partial charge in [-0.25, -0.2) is 9.78 Å². The van der Waals surface area contributed by atoms with Crippen LogP contribution in [0.5, 0.6) is 11.5 Å². The van der Waals surface area contributed by atoms with Crippen LogP contribution in [0.25, 0.3) is 0 Å². The molecule has 188 valence electrons. The van der Waals surface area contributed by atoms with Crippen molar-refractivity contribution in [2.24, 2.45) is 0 Å². The second-order valence-electron chi connectivity index (χ2n) is 8.63. The van der Waals surface area contributed by atoms with Crippen molar-refractivity contribution >= 4 is 17.5 Å². The van der Waals surface area contributed by atoms with Gasteiger partial charge < -0.3 is 20.2 Å². The molecule has 0 unspecified atom stereocenters. The molecule has 1 aromatic heterocycles. The van der Waals surface area contributed by atoms with Crippen molar-refractivity contribution in [1.82, 2.24) is 4.98 Å². The normalized spacial score (nSPS) is 10.5. The highest BCUT2D eigenvalue weighted by Crippen LogP contribution is 2.25. The quantitative estimate of drug-likeness (QED) is 0.177. The number of anilines is 1. The molecule has 1 heterocycles. The Labute approximate surface area is 217 Å². The van der Waals surface area contributed by atoms with Crippen LogP contribution in [-0.4, -0.2) is 23.3 Å². The standard InChI is InChI=1S/C31H31N3O3/c1-3-36-31(35)28-20-25(17-14-23-10-6-4-7-11-23)34-30(29(28)22(2)32)33-21-24-15-18-27(19-16-24)37-26-12-8-5-9-13-26/h4-13,15-16,18-20,32H,3,14,17,21H2,1-2H3,(H,33,34). The van der Waals surface area contributed by atoms with Gasteiger partial charge in [0.1, 0.15) is 17.3 Å². The topological polar surface area (TPSA) is 84.3 Å². The molecule has 0 bridgehead atoms. The summed E-state index contributed by atoms with van der Waals surface area (Å²) in [6.45, 7) is 4.17. The van der Waals surface area contributed by atoms with E-state index in [0.29, 0.717) is 29.9 Å². The number of carbonyl (C=O) groups excluding carboxylic acids is 1. The fourth-order valence-electron chi connectivity index (χ4n) is 4.01. The Bertz CT molecular complexity index is 1340. The van der Waals surface area contributed by atoms with Crippen molar-refractivity contribution in [2.45, 2.75) is 33.2 Å². The van der Waals surface area contributed by atoms with Gasteiger partial charge in [-0.1, -0.05) is 60.7 Å². The van der Waals surface area contributed by atoms with E-state index < -0.39 is 5.97 Å². The number of benzene rings is 3. The van der Waals surface area contributed by atoms with Gasteiger partial charge in [-0.3, -0.25) is 0 Å². The Morgan fingerprint density at radius 3 is 2.16 bits per heavy atom. The largest absolute Gasteiger partial charge is 0.462 e. The van der Waals surface area contributed by atoms with E-state index in [1.54, 1.807) is 19.9 Å². The van der Waals surface area contributed by atoms with E-state index in [9.17, 15) is 4.79 Å². The van der Waals surface area contributed by atoms with Crippen molar-refractivity contribution in [1.29, 1.82) is 5.41 Å². The molecule has 0 saturated carbocycles. The highest BCUT2D eigenvalue weighted by molar-refractivity contribution is 6.09. The first-order valence-electron chi connectivity index (χ1n) is 12.4. The monoisotopic (exact) mass is 493 g/mol. The lowest BCUT2D eigenvalue weighted by molar-refractivity contribution is 0.0526. The summed E-state index contributed by atoms with van der Waals surface area (Å²) < 4.78 is 11.2. The zero-order valence-corrected chi connectivity index (χ0v) is 21.2. The first kappa shape index (κ1) is 25.6. The van der Waals surface area contributed by atoms with E-state index in [-0.39, 0.29) is 12.3 Å². The van der Waals surface area contributed by atoms with Crippen molar-refractivity contribution in [3.63, 3.8) is 0 Å². The van der Waals surface area contributed by atoms with Crippen molar-refractivity contribution in [3.05, 3.63) is 119 Å². The molecule has 37 heavy (non-hydrogen) atoms. The fraction of sp³-hybridized carbons (Fsp3) is 0.194. The third kappa shape index (κ3) is 7.04. The SMILES string of the molecule is CCOC(=O)c1cc(CCc2ccccc2)nc(NCc2ccc(Oc3ccccc3)cc2)c1C(C)=N. The van der Waals surface area contributed by atoms with Crippen LogP contribution in [0.1, 0.15) is 46.6 Å². The van der Waals surface area contributed by atoms with Gasteiger partial charge in [0, 0.05) is 18.0 Å². The lowest BCUT2D eigenvalue weighted by Crippen LogP contribution is -2.17. The maximum Gasteiger partial charge on any atom is 0.338 e. The molecule has 4 aromatic rings. The maximum absolute atomic E-state index is 12.8. The van der Waals surface area contributed by atoms with Crippen LogP contribution in [0.2, 0.25) is 0 Å². The first-order valence-corrected chi connectivity index (χ1v) is 12.4. The van der Waals surface area contributed by atoms with Crippen LogP contribution < -0.4 is 10.1 Å². The molecule has 0 aliphatic rings. The minimum atomic E-state index is -0.446. The summed E-state index contributed by atoms with van der Waals surface area (Å²) in [5, 5.41) is 11.7. The first-order chi connectivity index (χ1) is 18.0. The van der Waals surface area contributed by atoms with Gasteiger partial charge >= 0.3 is 5.97 Å². The maximum atomic E-state index is 12.8. The van der Waals surface area contributed by atoms with Gasteiger partial charge in [-0.2, -0.15) is 0 Å². The van der Waals surface area contributed by atoms with Gasteiger partial charge in [0.05, 0.1) is 17.7 Å². The molecule has 3 aromatic carbocycles. The zero-order chi connectivity index (χ0) is 26.0. The van der Waals surface area contributed by atoms with Gasteiger partial charge in [0.25, 0.3) is 0 Å². The highest BCUT2D eigenvalue weighted by Gasteiger charge is 2.21. The number of ether oxygens (including phenoxy) is 2. The van der Waals surface area contributed by atoms with Crippen molar-refractivity contribution in [2.75, 3.05) is 11.9 Å². The molecule has 0 amide bonds. The summed E-state index contributed by atoms with van der Waals surface area (Å²) in [5.74, 6) is 1.59. The number of nitrogens with one attached hydrogen (secondary N) is 2. The fourth-order valence-corrected chi connectivity index (χ4v) is 4.01. The van der Waals surface area contributed by atoms with E-state index in [4.69, 9.17) is 19.9 Å². The number of pyridine rings is 1. The second-order valence-corrected chi connectivity index (χ2v) is 8.63. The van der Waals surface area contributed by atoms with Crippen LogP contribution in [-0.2, 0) is 24.1 Å². The van der Waals surface area contributed by atoms with E-state index in [1.807, 2.05) is 72.8 Å². The number of esters is 1. The van der Waals surface area contributed by atoms with Crippen LogP contribution >= 0.6 is 0 Å². The molecule has 0 saturated heterocycles. The molecule has 0 spiro atoms. The number of carbonyl (C=O) groups is 1. The van der Waals surface area contributed by atoms with E-state index in [0.717, 1.165) is 29.2 Å². The average Bonchev–Trinajstić information content (AvgIpc) is 2.92. The van der Waals surface area contributed by atoms with Gasteiger partial charge in [0.2, 0.25) is 0 Å². The number of para-hydroxylation sites is 1. The smallest absolute Gasteiger partial charge is 0.338 e. The van der Waals surface area contributed by atoms with Crippen molar-refractivity contribution in [3.8, 4) is 11.5 Å². The number of hydrogen-bond acceptors (Lipinski definition) is 6. The molecule has 6 nitrogen and oxygen atoms in total. The minimum Gasteiger partial charge on any atom is -0.462 e. The van der Waals surface area contributed by atoms with E-state index in [2.05, 4.69) is 17.4 Å². The molecule has 4 rings (SSSR count). The number of hydrogen-bond donors (Lipinski definition) is 2. The predicted octanol–water partition coefficient (Wildman–Crippen LogP) is 6.84. The van der Waals surface area contributed by atoms with Crippen LogP contribution in [0.15, 0.2) is 91.0 Å². The van der Waals surface area contributed by atoms with Crippen molar-refractivity contribution < 1.29 is 14.3 Å². The van der Waals surface area contributed by atoms with Crippen LogP contribution in [0, 0.1) is 5.41 Å². The summed E-state index contributed by atoms with van der Waals surface area (Å²) in [5.41, 5.74) is 4.06. The molecule has 0 aliphatic heterocycles. The molecular formula is C31H31N3O3. The summed E-state index contributed by atoms with van der Waals surface area (Å²) in [6, 6.07) is 29.4. The Hall–Kier alpha value is -4.45. The van der Waals surface area contributed by atoms with Gasteiger partial charge in [-0.15, -0.1) is 0 Å². The molecule has 6 heteroatoms.